The van der Waals surface area contributed by atoms with Gasteiger partial charge in [0.1, 0.15) is 11.4 Å². The zero-order valence-electron chi connectivity index (χ0n) is 18.5. The number of nitrogens with one attached hydrogen (secondary N) is 1. The molecule has 0 aliphatic heterocycles. The molecule has 2 heterocycles. The summed E-state index contributed by atoms with van der Waals surface area (Å²) in [6, 6.07) is 16.8. The molecular formula is C24H27N5O3. The van der Waals surface area contributed by atoms with E-state index in [2.05, 4.69) is 20.3 Å². The molecule has 0 saturated carbocycles. The molecule has 0 spiro atoms. The second kappa shape index (κ2) is 11.0. The second-order valence-corrected chi connectivity index (χ2v) is 7.40. The molecule has 0 aliphatic rings. The van der Waals surface area contributed by atoms with E-state index in [4.69, 9.17) is 4.74 Å². The molecule has 3 aromatic rings. The molecule has 8 heteroatoms. The Labute approximate surface area is 187 Å². The van der Waals surface area contributed by atoms with Crippen LogP contribution in [0.4, 0.5) is 0 Å². The maximum atomic E-state index is 13.1. The quantitative estimate of drug-likeness (QED) is 0.557. The van der Waals surface area contributed by atoms with Gasteiger partial charge in [-0.2, -0.15) is 4.98 Å². The summed E-state index contributed by atoms with van der Waals surface area (Å²) in [4.78, 5) is 39.6. The summed E-state index contributed by atoms with van der Waals surface area (Å²) in [5.74, 6) is -0.472. The van der Waals surface area contributed by atoms with Crippen molar-refractivity contribution in [3.8, 4) is 6.01 Å². The van der Waals surface area contributed by atoms with Gasteiger partial charge in [-0.25, -0.2) is 9.97 Å². The first-order chi connectivity index (χ1) is 15.5. The standard InChI is InChI=1S/C24H27N5O3/c1-17-8-7-11-20(27-17)22(30)25-14-12-19(16-18-9-5-4-6-10-18)29(2)23(31)21-13-15-26-24(28-21)32-3/h4-11,13,15,19H,12,14,16H2,1-3H3,(H,25,30)/t19-/m1/s1. The van der Waals surface area contributed by atoms with E-state index in [9.17, 15) is 9.59 Å². The van der Waals surface area contributed by atoms with Gasteiger partial charge >= 0.3 is 6.01 Å². The minimum atomic E-state index is -0.238. The Morgan fingerprint density at radius 2 is 1.81 bits per heavy atom. The maximum absolute atomic E-state index is 13.1. The van der Waals surface area contributed by atoms with E-state index in [0.717, 1.165) is 11.3 Å². The molecule has 0 bridgehead atoms. The molecule has 8 nitrogen and oxygen atoms in total. The zero-order chi connectivity index (χ0) is 22.9. The van der Waals surface area contributed by atoms with Crippen molar-refractivity contribution < 1.29 is 14.3 Å². The van der Waals surface area contributed by atoms with Crippen LogP contribution in [0.15, 0.2) is 60.8 Å². The number of amides is 2. The number of carbonyl (C=O) groups excluding carboxylic acids is 2. The van der Waals surface area contributed by atoms with Gasteiger partial charge in [0.05, 0.1) is 7.11 Å². The first-order valence-electron chi connectivity index (χ1n) is 10.4. The number of likely N-dealkylation sites (N-methyl/N-ethyl adjacent to an activating group) is 1. The molecule has 0 aliphatic carbocycles. The van der Waals surface area contributed by atoms with E-state index >= 15 is 0 Å². The van der Waals surface area contributed by atoms with Crippen molar-refractivity contribution in [1.29, 1.82) is 0 Å². The molecule has 0 saturated heterocycles. The zero-order valence-corrected chi connectivity index (χ0v) is 18.5. The molecular weight excluding hydrogens is 406 g/mol. The van der Waals surface area contributed by atoms with Gasteiger partial charge in [-0.15, -0.1) is 0 Å². The Hall–Kier alpha value is -3.81. The molecule has 1 N–H and O–H groups in total. The third-order valence-corrected chi connectivity index (χ3v) is 5.10. The lowest BCUT2D eigenvalue weighted by Gasteiger charge is -2.28. The fraction of sp³-hybridized carbons (Fsp3) is 0.292. The van der Waals surface area contributed by atoms with Crippen LogP contribution >= 0.6 is 0 Å². The summed E-state index contributed by atoms with van der Waals surface area (Å²) in [5.41, 5.74) is 2.52. The second-order valence-electron chi connectivity index (χ2n) is 7.40. The highest BCUT2D eigenvalue weighted by Crippen LogP contribution is 2.14. The van der Waals surface area contributed by atoms with Crippen LogP contribution in [0.3, 0.4) is 0 Å². The molecule has 0 radical (unpaired) electrons. The third kappa shape index (κ3) is 6.10. The van der Waals surface area contributed by atoms with Gasteiger partial charge in [-0.1, -0.05) is 36.4 Å². The van der Waals surface area contributed by atoms with Crippen molar-refractivity contribution in [3.63, 3.8) is 0 Å². The Bertz CT molecular complexity index is 1060. The van der Waals surface area contributed by atoms with Crippen LogP contribution in [0, 0.1) is 6.92 Å². The van der Waals surface area contributed by atoms with Crippen molar-refractivity contribution in [2.45, 2.75) is 25.8 Å². The van der Waals surface area contributed by atoms with Crippen molar-refractivity contribution >= 4 is 11.8 Å². The first-order valence-corrected chi connectivity index (χ1v) is 10.4. The smallest absolute Gasteiger partial charge is 0.316 e. The molecule has 32 heavy (non-hydrogen) atoms. The lowest BCUT2D eigenvalue weighted by Crippen LogP contribution is -2.41. The highest BCUT2D eigenvalue weighted by molar-refractivity contribution is 5.93. The van der Waals surface area contributed by atoms with Gasteiger partial charge in [0.2, 0.25) is 0 Å². The predicted octanol–water partition coefficient (Wildman–Crippen LogP) is 2.69. The summed E-state index contributed by atoms with van der Waals surface area (Å²) in [6.07, 6.45) is 2.70. The Kier molecular flexibility index (Phi) is 7.85. The van der Waals surface area contributed by atoms with E-state index in [1.54, 1.807) is 30.1 Å². The van der Waals surface area contributed by atoms with Gasteiger partial charge in [-0.3, -0.25) is 9.59 Å². The first kappa shape index (κ1) is 22.9. The fourth-order valence-electron chi connectivity index (χ4n) is 3.34. The number of benzene rings is 1. The van der Waals surface area contributed by atoms with E-state index in [1.807, 2.05) is 43.3 Å². The lowest BCUT2D eigenvalue weighted by atomic mass is 10.0. The van der Waals surface area contributed by atoms with Gasteiger partial charge in [-0.05, 0) is 43.5 Å². The highest BCUT2D eigenvalue weighted by Gasteiger charge is 2.23. The third-order valence-electron chi connectivity index (χ3n) is 5.10. The van der Waals surface area contributed by atoms with Crippen LogP contribution in [-0.2, 0) is 6.42 Å². The maximum Gasteiger partial charge on any atom is 0.316 e. The van der Waals surface area contributed by atoms with E-state index < -0.39 is 0 Å². The molecule has 2 amide bonds. The van der Waals surface area contributed by atoms with E-state index in [0.29, 0.717) is 25.1 Å². The average molecular weight is 434 g/mol. The number of carbonyl (C=O) groups is 2. The molecule has 2 aromatic heterocycles. The van der Waals surface area contributed by atoms with Crippen LogP contribution in [-0.4, -0.2) is 58.4 Å². The van der Waals surface area contributed by atoms with Gasteiger partial charge < -0.3 is 15.0 Å². The molecule has 3 rings (SSSR count). The van der Waals surface area contributed by atoms with Crippen molar-refractivity contribution in [2.75, 3.05) is 20.7 Å². The normalized spacial score (nSPS) is 11.5. The summed E-state index contributed by atoms with van der Waals surface area (Å²) in [5, 5.41) is 2.91. The summed E-state index contributed by atoms with van der Waals surface area (Å²) < 4.78 is 5.04. The topological polar surface area (TPSA) is 97.3 Å². The minimum Gasteiger partial charge on any atom is -0.467 e. The van der Waals surface area contributed by atoms with Crippen molar-refractivity contribution in [3.05, 3.63) is 83.4 Å². The number of methoxy groups -OCH3 is 1. The van der Waals surface area contributed by atoms with Crippen LogP contribution in [0.5, 0.6) is 6.01 Å². The number of ether oxygens (including phenoxy) is 1. The number of aromatic nitrogens is 3. The van der Waals surface area contributed by atoms with E-state index in [-0.39, 0.29) is 29.6 Å². The lowest BCUT2D eigenvalue weighted by molar-refractivity contribution is 0.0715. The van der Waals surface area contributed by atoms with Crippen LogP contribution in [0.1, 0.15) is 38.7 Å². The summed E-state index contributed by atoms with van der Waals surface area (Å²) in [7, 11) is 3.20. The molecule has 1 atom stereocenters. The van der Waals surface area contributed by atoms with Gasteiger partial charge in [0.25, 0.3) is 11.8 Å². The summed E-state index contributed by atoms with van der Waals surface area (Å²) in [6.45, 7) is 2.24. The largest absolute Gasteiger partial charge is 0.467 e. The number of rotatable bonds is 9. The molecule has 0 unspecified atom stereocenters. The van der Waals surface area contributed by atoms with Crippen molar-refractivity contribution in [1.82, 2.24) is 25.2 Å². The Morgan fingerprint density at radius 3 is 2.53 bits per heavy atom. The van der Waals surface area contributed by atoms with Crippen LogP contribution in [0.2, 0.25) is 0 Å². The number of nitrogens with zero attached hydrogens (tertiary/aromatic N) is 4. The number of hydrogen-bond donors (Lipinski definition) is 1. The Morgan fingerprint density at radius 1 is 1.03 bits per heavy atom. The number of aryl methyl sites for hydroxylation is 1. The molecule has 0 fully saturated rings. The van der Waals surface area contributed by atoms with Crippen molar-refractivity contribution in [2.24, 2.45) is 0 Å². The fourth-order valence-corrected chi connectivity index (χ4v) is 3.34. The van der Waals surface area contributed by atoms with Gasteiger partial charge in [0.15, 0.2) is 0 Å². The number of hydrogen-bond acceptors (Lipinski definition) is 6. The molecule has 1 aromatic carbocycles. The molecule has 166 valence electrons. The average Bonchev–Trinajstić information content (AvgIpc) is 2.83. The Balaban J connectivity index is 1.71. The number of pyridine rings is 1. The monoisotopic (exact) mass is 433 g/mol. The predicted molar refractivity (Wildman–Crippen MR) is 121 cm³/mol. The van der Waals surface area contributed by atoms with Crippen LogP contribution < -0.4 is 10.1 Å². The highest BCUT2D eigenvalue weighted by atomic mass is 16.5. The van der Waals surface area contributed by atoms with E-state index in [1.165, 1.54) is 13.3 Å². The van der Waals surface area contributed by atoms with Gasteiger partial charge in [0, 0.05) is 31.5 Å². The summed E-state index contributed by atoms with van der Waals surface area (Å²) >= 11 is 0. The SMILES string of the molecule is COc1nccc(C(=O)N(C)[C@H](CCNC(=O)c2cccc(C)n2)Cc2ccccc2)n1. The van der Waals surface area contributed by atoms with Crippen LogP contribution in [0.25, 0.3) is 0 Å². The minimum absolute atomic E-state index is 0.141.